The van der Waals surface area contributed by atoms with E-state index in [0.717, 1.165) is 18.8 Å². The molecule has 2 unspecified atom stereocenters. The number of carbonyl (C=O) groups is 1. The van der Waals surface area contributed by atoms with E-state index in [9.17, 15) is 4.79 Å². The average molecular weight is 261 g/mol. The largest absolute Gasteiger partial charge is 0.397 e. The van der Waals surface area contributed by atoms with Crippen LogP contribution >= 0.6 is 0 Å². The maximum atomic E-state index is 11.5. The number of hydrogen-bond acceptors (Lipinski definition) is 3. The third-order valence-corrected chi connectivity index (χ3v) is 3.97. The summed E-state index contributed by atoms with van der Waals surface area (Å²) in [5.41, 5.74) is 13.2. The fourth-order valence-electron chi connectivity index (χ4n) is 2.77. The molecule has 1 fully saturated rings. The molecule has 0 aliphatic heterocycles. The van der Waals surface area contributed by atoms with E-state index in [1.54, 1.807) is 18.2 Å². The second-order valence-corrected chi connectivity index (χ2v) is 5.59. The molecule has 0 saturated heterocycles. The van der Waals surface area contributed by atoms with Crippen LogP contribution in [-0.2, 0) is 0 Å². The van der Waals surface area contributed by atoms with Gasteiger partial charge in [-0.15, -0.1) is 0 Å². The summed E-state index contributed by atoms with van der Waals surface area (Å²) >= 11 is 0. The van der Waals surface area contributed by atoms with E-state index in [-0.39, 0.29) is 0 Å². The van der Waals surface area contributed by atoms with Gasteiger partial charge in [0.25, 0.3) is 5.91 Å². The van der Waals surface area contributed by atoms with Crippen molar-refractivity contribution in [3.8, 4) is 0 Å². The Labute approximate surface area is 114 Å². The first-order chi connectivity index (χ1) is 9.08. The Kier molecular flexibility index (Phi) is 4.30. The SMILES string of the molecule is CC1CCCC(Nc2c(N)cccc2C(N)=O)CC1. The number of nitrogens with two attached hydrogens (primary N) is 2. The molecule has 4 heteroatoms. The van der Waals surface area contributed by atoms with Crippen LogP contribution in [0.1, 0.15) is 49.4 Å². The lowest BCUT2D eigenvalue weighted by molar-refractivity contribution is 0.100. The highest BCUT2D eigenvalue weighted by atomic mass is 16.1. The number of para-hydroxylation sites is 1. The summed E-state index contributed by atoms with van der Waals surface area (Å²) < 4.78 is 0. The van der Waals surface area contributed by atoms with E-state index in [1.807, 2.05) is 0 Å². The lowest BCUT2D eigenvalue weighted by Crippen LogP contribution is -2.23. The number of amides is 1. The lowest BCUT2D eigenvalue weighted by atomic mass is 10.0. The van der Waals surface area contributed by atoms with E-state index in [0.29, 0.717) is 23.0 Å². The fraction of sp³-hybridized carbons (Fsp3) is 0.533. The summed E-state index contributed by atoms with van der Waals surface area (Å²) in [5.74, 6) is 0.354. The van der Waals surface area contributed by atoms with Crippen LogP contribution in [0.4, 0.5) is 11.4 Å². The topological polar surface area (TPSA) is 81.1 Å². The van der Waals surface area contributed by atoms with Gasteiger partial charge >= 0.3 is 0 Å². The van der Waals surface area contributed by atoms with E-state index >= 15 is 0 Å². The molecule has 19 heavy (non-hydrogen) atoms. The fourth-order valence-corrected chi connectivity index (χ4v) is 2.77. The van der Waals surface area contributed by atoms with Crippen molar-refractivity contribution >= 4 is 17.3 Å². The molecule has 1 amide bonds. The van der Waals surface area contributed by atoms with Crippen molar-refractivity contribution in [1.82, 2.24) is 0 Å². The molecule has 1 saturated carbocycles. The van der Waals surface area contributed by atoms with Gasteiger partial charge in [0.2, 0.25) is 0 Å². The minimum absolute atomic E-state index is 0.382. The van der Waals surface area contributed by atoms with Crippen molar-refractivity contribution in [3.05, 3.63) is 23.8 Å². The average Bonchev–Trinajstić information content (AvgIpc) is 2.56. The Morgan fingerprint density at radius 3 is 2.79 bits per heavy atom. The molecule has 0 heterocycles. The maximum absolute atomic E-state index is 11.5. The van der Waals surface area contributed by atoms with Gasteiger partial charge in [-0.1, -0.05) is 25.8 Å². The first kappa shape index (κ1) is 13.7. The van der Waals surface area contributed by atoms with Gasteiger partial charge < -0.3 is 16.8 Å². The Bertz CT molecular complexity index is 459. The molecule has 2 rings (SSSR count). The molecule has 4 nitrogen and oxygen atoms in total. The molecule has 0 radical (unpaired) electrons. The van der Waals surface area contributed by atoms with Gasteiger partial charge in [0.05, 0.1) is 16.9 Å². The highest BCUT2D eigenvalue weighted by Crippen LogP contribution is 2.29. The highest BCUT2D eigenvalue weighted by Gasteiger charge is 2.19. The normalized spacial score (nSPS) is 23.6. The molecular formula is C15H23N3O. The first-order valence-corrected chi connectivity index (χ1v) is 7.02. The van der Waals surface area contributed by atoms with Crippen LogP contribution in [-0.4, -0.2) is 11.9 Å². The van der Waals surface area contributed by atoms with Crippen LogP contribution in [0, 0.1) is 5.92 Å². The summed E-state index contributed by atoms with van der Waals surface area (Å²) in [6.07, 6.45) is 5.96. The number of anilines is 2. The van der Waals surface area contributed by atoms with Gasteiger partial charge in [-0.2, -0.15) is 0 Å². The molecule has 2 atom stereocenters. The Hall–Kier alpha value is -1.71. The van der Waals surface area contributed by atoms with Gasteiger partial charge in [0, 0.05) is 6.04 Å². The van der Waals surface area contributed by atoms with E-state index in [1.165, 1.54) is 19.3 Å². The quantitative estimate of drug-likeness (QED) is 0.578. The van der Waals surface area contributed by atoms with Crippen molar-refractivity contribution in [1.29, 1.82) is 0 Å². The number of nitrogens with one attached hydrogen (secondary N) is 1. The zero-order chi connectivity index (χ0) is 13.8. The number of hydrogen-bond donors (Lipinski definition) is 3. The Balaban J connectivity index is 2.16. The van der Waals surface area contributed by atoms with Crippen LogP contribution in [0.15, 0.2) is 18.2 Å². The molecule has 104 valence electrons. The van der Waals surface area contributed by atoms with Crippen LogP contribution in [0.5, 0.6) is 0 Å². The van der Waals surface area contributed by atoms with Crippen molar-refractivity contribution in [2.75, 3.05) is 11.1 Å². The molecule has 0 bridgehead atoms. The molecule has 1 aromatic carbocycles. The lowest BCUT2D eigenvalue weighted by Gasteiger charge is -2.21. The second-order valence-electron chi connectivity index (χ2n) is 5.59. The zero-order valence-corrected chi connectivity index (χ0v) is 11.5. The summed E-state index contributed by atoms with van der Waals surface area (Å²) in [6, 6.07) is 5.66. The maximum Gasteiger partial charge on any atom is 0.250 e. The van der Waals surface area contributed by atoms with Crippen molar-refractivity contribution < 1.29 is 4.79 Å². The highest BCUT2D eigenvalue weighted by molar-refractivity contribution is 6.01. The van der Waals surface area contributed by atoms with Gasteiger partial charge in [-0.05, 0) is 37.3 Å². The number of nitrogen functional groups attached to an aromatic ring is 1. The molecule has 0 aromatic heterocycles. The number of rotatable bonds is 3. The molecule has 0 spiro atoms. The van der Waals surface area contributed by atoms with E-state index in [4.69, 9.17) is 11.5 Å². The first-order valence-electron chi connectivity index (χ1n) is 7.02. The van der Waals surface area contributed by atoms with Crippen LogP contribution in [0.2, 0.25) is 0 Å². The van der Waals surface area contributed by atoms with Crippen LogP contribution in [0.25, 0.3) is 0 Å². The number of carbonyl (C=O) groups excluding carboxylic acids is 1. The van der Waals surface area contributed by atoms with Crippen molar-refractivity contribution in [3.63, 3.8) is 0 Å². The monoisotopic (exact) mass is 261 g/mol. The smallest absolute Gasteiger partial charge is 0.250 e. The molecule has 5 N–H and O–H groups in total. The van der Waals surface area contributed by atoms with Crippen molar-refractivity contribution in [2.24, 2.45) is 11.7 Å². The van der Waals surface area contributed by atoms with Gasteiger partial charge in [0.15, 0.2) is 0 Å². The van der Waals surface area contributed by atoms with Crippen LogP contribution in [0.3, 0.4) is 0 Å². The second kappa shape index (κ2) is 5.95. The van der Waals surface area contributed by atoms with Gasteiger partial charge in [0.1, 0.15) is 0 Å². The predicted molar refractivity (Wildman–Crippen MR) is 79.0 cm³/mol. The number of benzene rings is 1. The third-order valence-electron chi connectivity index (χ3n) is 3.97. The van der Waals surface area contributed by atoms with Crippen molar-refractivity contribution in [2.45, 2.75) is 45.1 Å². The molecule has 1 aromatic rings. The predicted octanol–water partition coefficient (Wildman–Crippen LogP) is 2.75. The Morgan fingerprint density at radius 1 is 1.26 bits per heavy atom. The number of primary amides is 1. The molecule has 1 aliphatic carbocycles. The third kappa shape index (κ3) is 3.40. The summed E-state index contributed by atoms with van der Waals surface area (Å²) in [6.45, 7) is 2.30. The Morgan fingerprint density at radius 2 is 2.05 bits per heavy atom. The molecule has 1 aliphatic rings. The summed E-state index contributed by atoms with van der Waals surface area (Å²) in [5, 5.41) is 3.43. The standard InChI is InChI=1S/C15H23N3O/c1-10-4-2-5-11(9-8-10)18-14-12(15(17)19)6-3-7-13(14)16/h3,6-7,10-11,18H,2,4-5,8-9,16H2,1H3,(H2,17,19). The zero-order valence-electron chi connectivity index (χ0n) is 11.5. The van der Waals surface area contributed by atoms with Gasteiger partial charge in [-0.3, -0.25) is 4.79 Å². The van der Waals surface area contributed by atoms with Crippen LogP contribution < -0.4 is 16.8 Å². The van der Waals surface area contributed by atoms with E-state index in [2.05, 4.69) is 12.2 Å². The minimum Gasteiger partial charge on any atom is -0.397 e. The minimum atomic E-state index is -0.434. The molecular weight excluding hydrogens is 238 g/mol. The summed E-state index contributed by atoms with van der Waals surface area (Å²) in [4.78, 5) is 11.5. The summed E-state index contributed by atoms with van der Waals surface area (Å²) in [7, 11) is 0. The van der Waals surface area contributed by atoms with Gasteiger partial charge in [-0.25, -0.2) is 0 Å². The van der Waals surface area contributed by atoms with E-state index < -0.39 is 5.91 Å².